The van der Waals surface area contributed by atoms with Crippen LogP contribution in [0.25, 0.3) is 21.5 Å². The number of fused-ring (bicyclic) bond motifs is 6. The average Bonchev–Trinajstić information content (AvgIpc) is 3.89. The van der Waals surface area contributed by atoms with Crippen molar-refractivity contribution in [2.75, 3.05) is 49.2 Å². The Morgan fingerprint density at radius 2 is 1.18 bits per heavy atom. The smallest absolute Gasteiger partial charge is 0.136 e. The maximum Gasteiger partial charge on any atom is 0.136 e. The van der Waals surface area contributed by atoms with Crippen LogP contribution >= 0.6 is 0 Å². The Labute approximate surface area is 421 Å². The Balaban J connectivity index is 0.00000219. The van der Waals surface area contributed by atoms with E-state index in [-0.39, 0.29) is 57.9 Å². The fourth-order valence-corrected chi connectivity index (χ4v) is 18.3. The zero-order valence-electron chi connectivity index (χ0n) is 38.6. The molecule has 1 spiro atoms. The maximum atomic E-state index is 7.73. The van der Waals surface area contributed by atoms with Gasteiger partial charge in [-0.05, 0) is 68.6 Å². The molecule has 0 amide bonds. The van der Waals surface area contributed by atoms with E-state index in [2.05, 4.69) is 161 Å². The van der Waals surface area contributed by atoms with Crippen LogP contribution in [-0.2, 0) is 28.0 Å². The molecule has 2 saturated carbocycles. The molecule has 10 aliphatic rings. The summed E-state index contributed by atoms with van der Waals surface area (Å²) in [6.45, 7) is 8.32. The number of hydrogen-bond acceptors (Lipinski definition) is 4. The number of para-hydroxylation sites is 2. The quantitative estimate of drug-likeness (QED) is 0.190. The molecular weight excluding hydrogens is 968 g/mol. The van der Waals surface area contributed by atoms with E-state index < -0.39 is 0 Å². The molecule has 0 radical (unpaired) electrons. The summed E-state index contributed by atoms with van der Waals surface area (Å²) in [6.07, 6.45) is 10.1. The normalized spacial score (nSPS) is 38.2. The van der Waals surface area contributed by atoms with E-state index in [0.29, 0.717) is 60.9 Å². The van der Waals surface area contributed by atoms with Crippen molar-refractivity contribution in [3.63, 3.8) is 0 Å². The van der Waals surface area contributed by atoms with Crippen LogP contribution in [0.1, 0.15) is 42.4 Å². The molecule has 346 valence electrons. The average molecular weight is 1030 g/mol. The number of benzene rings is 6. The molecule has 6 aromatic carbocycles. The third-order valence-corrected chi connectivity index (χ3v) is 20.3. The Morgan fingerprint density at radius 3 is 1.90 bits per heavy atom. The molecule has 4 bridgehead atoms. The monoisotopic (exact) mass is 1030 g/mol. The van der Waals surface area contributed by atoms with Crippen molar-refractivity contribution in [2.24, 2.45) is 29.6 Å². The predicted molar refractivity (Wildman–Crippen MR) is 262 cm³/mol. The van der Waals surface area contributed by atoms with Gasteiger partial charge in [0.25, 0.3) is 0 Å². The van der Waals surface area contributed by atoms with E-state index in [1.54, 1.807) is 16.7 Å². The van der Waals surface area contributed by atoms with Crippen LogP contribution < -0.4 is 43.8 Å². The summed E-state index contributed by atoms with van der Waals surface area (Å²) < 4.78 is 17.8. The largest absolute Gasteiger partial charge is 1.00 e. The summed E-state index contributed by atoms with van der Waals surface area (Å²) in [5, 5.41) is 5.40. The van der Waals surface area contributed by atoms with E-state index in [9.17, 15) is 0 Å². The van der Waals surface area contributed by atoms with Crippen LogP contribution in [0.4, 0.5) is 11.4 Å². The molecule has 8 aliphatic heterocycles. The maximum absolute atomic E-state index is 7.73. The van der Waals surface area contributed by atoms with Gasteiger partial charge in [0, 0.05) is 83.8 Å². The molecular formula is C60H60Br2N4O2. The summed E-state index contributed by atoms with van der Waals surface area (Å²) >= 11 is 0. The minimum atomic E-state index is -0.0321. The molecule has 6 aromatic rings. The molecule has 0 aromatic heterocycles. The molecule has 6 nitrogen and oxygen atoms in total. The van der Waals surface area contributed by atoms with Crippen LogP contribution in [0, 0.1) is 29.6 Å². The number of nitrogens with zero attached hydrogens (tertiary/aromatic N) is 4. The van der Waals surface area contributed by atoms with E-state index >= 15 is 0 Å². The van der Waals surface area contributed by atoms with Crippen LogP contribution in [0.2, 0.25) is 0 Å². The van der Waals surface area contributed by atoms with E-state index in [4.69, 9.17) is 9.47 Å². The molecule has 68 heavy (non-hydrogen) atoms. The first kappa shape index (κ1) is 42.6. The Bertz CT molecular complexity index is 3070. The molecule has 14 unspecified atom stereocenters. The fraction of sp³-hybridized carbons (Fsp3) is 0.400. The lowest BCUT2D eigenvalue weighted by Gasteiger charge is -2.65. The van der Waals surface area contributed by atoms with Crippen LogP contribution in [0.15, 0.2) is 163 Å². The number of halogens is 2. The lowest BCUT2D eigenvalue weighted by atomic mass is 9.53. The lowest BCUT2D eigenvalue weighted by molar-refractivity contribution is -0.955. The number of anilines is 2. The topological polar surface area (TPSA) is 24.9 Å². The Kier molecular flexibility index (Phi) is 9.62. The van der Waals surface area contributed by atoms with Gasteiger partial charge in [-0.2, -0.15) is 0 Å². The second-order valence-corrected chi connectivity index (χ2v) is 22.7. The molecule has 5 saturated heterocycles. The SMILES string of the molecule is C1=C2C[N+]3(Cc4ccc5ccccc5c4)CCC4C5C(C2CC43)C(OC1)N1c2ccccc2C23CC[N+]4(Cc6ccc7ccccc7c6)CC6=CCOC(C(C6CC24)C13)N5c1ccccc1.[Br-].[Br-]. The van der Waals surface area contributed by atoms with Crippen molar-refractivity contribution in [2.45, 2.75) is 80.8 Å². The molecule has 0 N–H and O–H groups in total. The van der Waals surface area contributed by atoms with Gasteiger partial charge in [0.1, 0.15) is 44.7 Å². The minimum Gasteiger partial charge on any atom is -1.00 e. The molecule has 7 fully saturated rings. The molecule has 2 aliphatic carbocycles. The summed E-state index contributed by atoms with van der Waals surface area (Å²) in [7, 11) is 0. The van der Waals surface area contributed by atoms with Crippen LogP contribution in [0.5, 0.6) is 0 Å². The summed E-state index contributed by atoms with van der Waals surface area (Å²) in [6, 6.07) is 55.8. The zero-order valence-corrected chi connectivity index (χ0v) is 41.8. The highest BCUT2D eigenvalue weighted by molar-refractivity contribution is 5.83. The Hall–Kier alpha value is -4.28. The van der Waals surface area contributed by atoms with Crippen molar-refractivity contribution in [1.82, 2.24) is 0 Å². The zero-order chi connectivity index (χ0) is 42.9. The Morgan fingerprint density at radius 1 is 0.574 bits per heavy atom. The van der Waals surface area contributed by atoms with Crippen molar-refractivity contribution < 1.29 is 52.4 Å². The van der Waals surface area contributed by atoms with Gasteiger partial charge in [-0.15, -0.1) is 0 Å². The van der Waals surface area contributed by atoms with Crippen molar-refractivity contribution in [1.29, 1.82) is 0 Å². The van der Waals surface area contributed by atoms with Crippen molar-refractivity contribution in [3.8, 4) is 0 Å². The van der Waals surface area contributed by atoms with Gasteiger partial charge in [-0.25, -0.2) is 0 Å². The van der Waals surface area contributed by atoms with E-state index in [1.807, 2.05) is 0 Å². The van der Waals surface area contributed by atoms with Gasteiger partial charge < -0.3 is 62.2 Å². The van der Waals surface area contributed by atoms with E-state index in [1.165, 1.54) is 87.3 Å². The van der Waals surface area contributed by atoms with Gasteiger partial charge in [-0.1, -0.05) is 121 Å². The number of rotatable bonds is 5. The molecule has 8 heterocycles. The highest BCUT2D eigenvalue weighted by Crippen LogP contribution is 2.70. The number of piperidine rings is 2. The first-order valence-electron chi connectivity index (χ1n) is 25.6. The number of ether oxygens (including phenoxy) is 2. The van der Waals surface area contributed by atoms with Crippen molar-refractivity contribution >= 4 is 32.9 Å². The summed E-state index contributed by atoms with van der Waals surface area (Å²) in [4.78, 5) is 5.99. The summed E-state index contributed by atoms with van der Waals surface area (Å²) in [5.74, 6) is 2.12. The molecule has 8 heteroatoms. The van der Waals surface area contributed by atoms with Crippen LogP contribution in [-0.4, -0.2) is 85.0 Å². The third kappa shape index (κ3) is 5.59. The molecule has 14 atom stereocenters. The summed E-state index contributed by atoms with van der Waals surface area (Å²) in [5.41, 5.74) is 10.8. The lowest BCUT2D eigenvalue weighted by Crippen LogP contribution is -3.00. The predicted octanol–water partition coefficient (Wildman–Crippen LogP) is 4.38. The standard InChI is InChI=1S/C60H60N4O2.2BrH/c1-2-14-46(15-3-1)61-56-47-22-26-63(34-38-18-20-40-10-4-6-12-42(40)30-38)36-44-23-28-65-58(54(56)48(44)32-52(47)63)62-51-17-9-8-16-50(51)60-25-27-64(35-39-19-21-41-11-5-7-13-43(41)31-39)37-45-24-29-66-59(61)55(57(60)62)49(45)33-53(60)64;;/h1-21,23-24,30-31,47-49,52-59H,22,25-29,32-37H2;2*1H/q+2;;/p-2. The highest BCUT2D eigenvalue weighted by Gasteiger charge is 2.77. The first-order valence-corrected chi connectivity index (χ1v) is 25.6. The van der Waals surface area contributed by atoms with E-state index in [0.717, 1.165) is 30.7 Å². The number of quaternary nitrogens is 2. The van der Waals surface area contributed by atoms with Gasteiger partial charge >= 0.3 is 0 Å². The van der Waals surface area contributed by atoms with Gasteiger partial charge in [0.05, 0.1) is 43.8 Å². The van der Waals surface area contributed by atoms with Gasteiger partial charge in [-0.3, -0.25) is 0 Å². The second kappa shape index (κ2) is 15.4. The first-order chi connectivity index (χ1) is 32.6. The molecule has 16 rings (SSSR count). The number of hydrogen-bond donors (Lipinski definition) is 0. The minimum absolute atomic E-state index is 0. The second-order valence-electron chi connectivity index (χ2n) is 22.7. The van der Waals surface area contributed by atoms with Gasteiger partial charge in [0.2, 0.25) is 0 Å². The highest BCUT2D eigenvalue weighted by atomic mass is 79.9. The van der Waals surface area contributed by atoms with Gasteiger partial charge in [0.15, 0.2) is 0 Å². The fourth-order valence-electron chi connectivity index (χ4n) is 18.3. The van der Waals surface area contributed by atoms with Crippen LogP contribution in [0.3, 0.4) is 0 Å². The third-order valence-electron chi connectivity index (χ3n) is 20.3. The van der Waals surface area contributed by atoms with Crippen molar-refractivity contribution in [3.05, 3.63) is 180 Å².